The summed E-state index contributed by atoms with van der Waals surface area (Å²) in [6, 6.07) is 21.4. The lowest BCUT2D eigenvalue weighted by Crippen LogP contribution is -2.14. The van der Waals surface area contributed by atoms with Gasteiger partial charge in [-0.2, -0.15) is 0 Å². The number of nitrogens with zero attached hydrogens (tertiary/aromatic N) is 1. The molecule has 0 aliphatic heterocycles. The van der Waals surface area contributed by atoms with Gasteiger partial charge in [0, 0.05) is 16.6 Å². The zero-order chi connectivity index (χ0) is 18.6. The predicted octanol–water partition coefficient (Wildman–Crippen LogP) is 5.13. The van der Waals surface area contributed by atoms with Crippen molar-refractivity contribution in [3.63, 3.8) is 0 Å². The minimum absolute atomic E-state index is 0.0877. The molecule has 0 saturated carbocycles. The molecule has 0 amide bonds. The fourth-order valence-electron chi connectivity index (χ4n) is 2.09. The summed E-state index contributed by atoms with van der Waals surface area (Å²) in [7, 11) is -3.77. The summed E-state index contributed by atoms with van der Waals surface area (Å²) in [5, 5.41) is 11.1. The van der Waals surface area contributed by atoms with Crippen LogP contribution in [0.1, 0.15) is 0 Å². The van der Waals surface area contributed by atoms with Gasteiger partial charge in [-0.25, -0.2) is 4.57 Å². The highest BCUT2D eigenvalue weighted by atomic mass is 79.9. The standard InChI is InChI=1S/C18H12BrNO5P/c19-14-6-10-16(11-7-14)24-26(23,18-4-2-1-3-5-18)25-17-12-8-15(9-13-17)20(21)22/h2-13H/t26-/m1/s1. The van der Waals surface area contributed by atoms with Crippen molar-refractivity contribution in [1.82, 2.24) is 0 Å². The lowest BCUT2D eigenvalue weighted by atomic mass is 10.3. The molecule has 1 radical (unpaired) electrons. The third-order valence-corrected chi connectivity index (χ3v) is 5.69. The van der Waals surface area contributed by atoms with Gasteiger partial charge >= 0.3 is 7.60 Å². The molecule has 0 heterocycles. The van der Waals surface area contributed by atoms with Gasteiger partial charge in [0.1, 0.15) is 11.5 Å². The van der Waals surface area contributed by atoms with Crippen molar-refractivity contribution in [2.45, 2.75) is 0 Å². The summed E-state index contributed by atoms with van der Waals surface area (Å²) in [5.74, 6) is 0.565. The lowest BCUT2D eigenvalue weighted by Gasteiger charge is -2.20. The van der Waals surface area contributed by atoms with Crippen LogP contribution in [0.2, 0.25) is 0 Å². The molecule has 3 aromatic rings. The maximum Gasteiger partial charge on any atom is 0.462 e. The van der Waals surface area contributed by atoms with Crippen LogP contribution in [0.3, 0.4) is 0 Å². The molecule has 1 atom stereocenters. The fourth-order valence-corrected chi connectivity index (χ4v) is 3.91. The number of rotatable bonds is 6. The van der Waals surface area contributed by atoms with Gasteiger partial charge in [-0.3, -0.25) is 10.1 Å². The van der Waals surface area contributed by atoms with Gasteiger partial charge in [0.2, 0.25) is 0 Å². The molecule has 0 bridgehead atoms. The Kier molecular flexibility index (Phi) is 5.40. The van der Waals surface area contributed by atoms with Crippen LogP contribution < -0.4 is 14.4 Å². The SMILES string of the molecule is O=[N+]([O-])c1ccc(O[P@](=O)(Oc2ccc(Br)cc2)c2cc[c]cc2)cc1. The molecule has 0 fully saturated rings. The van der Waals surface area contributed by atoms with E-state index in [9.17, 15) is 14.7 Å². The first-order valence-electron chi connectivity index (χ1n) is 7.42. The molecule has 3 rings (SSSR count). The molecule has 26 heavy (non-hydrogen) atoms. The number of nitro groups is 1. The summed E-state index contributed by atoms with van der Waals surface area (Å²) < 4.78 is 25.6. The molecule has 0 spiro atoms. The Hall–Kier alpha value is -2.63. The molecule has 0 aromatic heterocycles. The quantitative estimate of drug-likeness (QED) is 0.306. The summed E-state index contributed by atoms with van der Waals surface area (Å²) in [6.45, 7) is 0. The largest absolute Gasteiger partial charge is 0.462 e. The lowest BCUT2D eigenvalue weighted by molar-refractivity contribution is -0.384. The van der Waals surface area contributed by atoms with Crippen LogP contribution in [-0.4, -0.2) is 4.92 Å². The van der Waals surface area contributed by atoms with E-state index >= 15 is 0 Å². The van der Waals surface area contributed by atoms with Crippen molar-refractivity contribution in [3.05, 3.63) is 93.4 Å². The maximum absolute atomic E-state index is 13.5. The van der Waals surface area contributed by atoms with Gasteiger partial charge in [0.15, 0.2) is 0 Å². The second kappa shape index (κ2) is 7.72. The second-order valence-corrected chi connectivity index (χ2v) is 7.94. The van der Waals surface area contributed by atoms with Crippen molar-refractivity contribution < 1.29 is 18.5 Å². The number of hydrogen-bond acceptors (Lipinski definition) is 5. The number of halogens is 1. The van der Waals surface area contributed by atoms with E-state index in [0.29, 0.717) is 11.1 Å². The highest BCUT2D eigenvalue weighted by molar-refractivity contribution is 9.10. The van der Waals surface area contributed by atoms with E-state index in [-0.39, 0.29) is 11.4 Å². The van der Waals surface area contributed by atoms with Crippen LogP contribution in [0.4, 0.5) is 5.69 Å². The summed E-state index contributed by atoms with van der Waals surface area (Å²) in [4.78, 5) is 10.2. The van der Waals surface area contributed by atoms with Crippen LogP contribution >= 0.6 is 23.5 Å². The van der Waals surface area contributed by atoms with Gasteiger partial charge in [0.05, 0.1) is 10.2 Å². The number of non-ortho nitro benzene ring substituents is 1. The summed E-state index contributed by atoms with van der Waals surface area (Å²) >= 11 is 3.33. The van der Waals surface area contributed by atoms with Crippen molar-refractivity contribution >= 4 is 34.5 Å². The minimum Gasteiger partial charge on any atom is -0.413 e. The molecule has 0 saturated heterocycles. The van der Waals surface area contributed by atoms with Gasteiger partial charge in [-0.1, -0.05) is 28.1 Å². The van der Waals surface area contributed by atoms with Crippen molar-refractivity contribution in [3.8, 4) is 11.5 Å². The van der Waals surface area contributed by atoms with Crippen molar-refractivity contribution in [2.75, 3.05) is 0 Å². The monoisotopic (exact) mass is 432 g/mol. The molecule has 131 valence electrons. The highest BCUT2D eigenvalue weighted by Crippen LogP contribution is 2.47. The third kappa shape index (κ3) is 4.31. The number of hydrogen-bond donors (Lipinski definition) is 0. The van der Waals surface area contributed by atoms with Crippen molar-refractivity contribution in [1.29, 1.82) is 0 Å². The molecule has 0 aliphatic rings. The van der Waals surface area contributed by atoms with Gasteiger partial charge in [-0.05, 0) is 54.6 Å². The summed E-state index contributed by atoms with van der Waals surface area (Å²) in [5.41, 5.74) is -0.0877. The van der Waals surface area contributed by atoms with Crippen LogP contribution in [0, 0.1) is 16.2 Å². The topological polar surface area (TPSA) is 78.7 Å². The van der Waals surface area contributed by atoms with E-state index in [1.165, 1.54) is 24.3 Å². The average Bonchev–Trinajstić information content (AvgIpc) is 2.65. The molecule has 6 nitrogen and oxygen atoms in total. The summed E-state index contributed by atoms with van der Waals surface area (Å²) in [6.07, 6.45) is 0. The molecule has 3 aromatic carbocycles. The molecule has 0 aliphatic carbocycles. The second-order valence-electron chi connectivity index (χ2n) is 5.14. The molecular formula is C18H12BrNO5P. The fraction of sp³-hybridized carbons (Fsp3) is 0. The van der Waals surface area contributed by atoms with E-state index < -0.39 is 12.5 Å². The Morgan fingerprint density at radius 2 is 1.38 bits per heavy atom. The van der Waals surface area contributed by atoms with E-state index in [1.54, 1.807) is 48.5 Å². The Labute approximate surface area is 158 Å². The van der Waals surface area contributed by atoms with Crippen LogP contribution in [0.25, 0.3) is 0 Å². The first-order chi connectivity index (χ1) is 12.5. The van der Waals surface area contributed by atoms with Gasteiger partial charge in [0.25, 0.3) is 5.69 Å². The van der Waals surface area contributed by atoms with E-state index in [4.69, 9.17) is 9.05 Å². The van der Waals surface area contributed by atoms with E-state index in [1.807, 2.05) is 0 Å². The number of nitro benzene ring substituents is 1. The maximum atomic E-state index is 13.5. The Morgan fingerprint density at radius 3 is 1.88 bits per heavy atom. The predicted molar refractivity (Wildman–Crippen MR) is 101 cm³/mol. The number of benzene rings is 3. The highest BCUT2D eigenvalue weighted by Gasteiger charge is 2.31. The van der Waals surface area contributed by atoms with E-state index in [0.717, 1.165) is 4.47 Å². The van der Waals surface area contributed by atoms with Crippen LogP contribution in [-0.2, 0) is 4.57 Å². The van der Waals surface area contributed by atoms with Crippen molar-refractivity contribution in [2.24, 2.45) is 0 Å². The molecular weight excluding hydrogens is 421 g/mol. The Morgan fingerprint density at radius 1 is 0.885 bits per heavy atom. The first-order valence-corrected chi connectivity index (χ1v) is 9.76. The zero-order valence-corrected chi connectivity index (χ0v) is 15.7. The van der Waals surface area contributed by atoms with Gasteiger partial charge < -0.3 is 9.05 Å². The zero-order valence-electron chi connectivity index (χ0n) is 13.2. The van der Waals surface area contributed by atoms with Crippen LogP contribution in [0.5, 0.6) is 11.5 Å². The normalized spacial score (nSPS) is 12.8. The average molecular weight is 433 g/mol. The van der Waals surface area contributed by atoms with Gasteiger partial charge in [-0.15, -0.1) is 0 Å². The Bertz CT molecular complexity index is 946. The first kappa shape index (κ1) is 18.2. The van der Waals surface area contributed by atoms with Crippen LogP contribution in [0.15, 0.2) is 77.3 Å². The third-order valence-electron chi connectivity index (χ3n) is 3.33. The smallest absolute Gasteiger partial charge is 0.413 e. The molecule has 0 unspecified atom stereocenters. The molecule has 8 heteroatoms. The minimum atomic E-state index is -3.77. The Balaban J connectivity index is 1.94. The molecule has 0 N–H and O–H groups in total. The van der Waals surface area contributed by atoms with E-state index in [2.05, 4.69) is 22.0 Å².